The van der Waals surface area contributed by atoms with Gasteiger partial charge in [0.25, 0.3) is 0 Å². The van der Waals surface area contributed by atoms with Gasteiger partial charge in [-0.15, -0.1) is 0 Å². The molecule has 0 aliphatic rings. The molecule has 0 saturated carbocycles. The van der Waals surface area contributed by atoms with E-state index in [0.717, 1.165) is 0 Å². The third-order valence-electron chi connectivity index (χ3n) is 1.13. The van der Waals surface area contributed by atoms with Crippen molar-refractivity contribution >= 4 is 5.91 Å². The summed E-state index contributed by atoms with van der Waals surface area (Å²) in [5.41, 5.74) is 1.69. The third-order valence-corrected chi connectivity index (χ3v) is 1.13. The molecule has 0 aliphatic carbocycles. The molecule has 1 amide bonds. The van der Waals surface area contributed by atoms with Gasteiger partial charge in [-0.3, -0.25) is 9.63 Å². The largest absolute Gasteiger partial charge is 0.272 e. The van der Waals surface area contributed by atoms with Crippen LogP contribution >= 0.6 is 0 Å². The predicted molar refractivity (Wildman–Crippen MR) is 48.4 cm³/mol. The first kappa shape index (κ1) is 11.4. The van der Waals surface area contributed by atoms with Gasteiger partial charge in [0.2, 0.25) is 5.91 Å². The second-order valence-electron chi connectivity index (χ2n) is 4.90. The van der Waals surface area contributed by atoms with Crippen molar-refractivity contribution in [2.75, 3.05) is 0 Å². The van der Waals surface area contributed by atoms with Crippen LogP contribution in [0.2, 0.25) is 0 Å². The van der Waals surface area contributed by atoms with Crippen molar-refractivity contribution in [1.29, 1.82) is 0 Å². The number of rotatable bonds is 1. The Labute approximate surface area is 74.4 Å². The molecule has 0 aromatic rings. The van der Waals surface area contributed by atoms with Crippen LogP contribution < -0.4 is 5.48 Å². The molecule has 0 saturated heterocycles. The smallest absolute Gasteiger partial charge is 0.248 e. The van der Waals surface area contributed by atoms with E-state index in [9.17, 15) is 4.79 Å². The predicted octanol–water partition coefficient (Wildman–Crippen LogP) is 1.88. The Kier molecular flexibility index (Phi) is 3.27. The number of hydrogen-bond acceptors (Lipinski definition) is 2. The highest BCUT2D eigenvalue weighted by Gasteiger charge is 2.23. The fourth-order valence-corrected chi connectivity index (χ4v) is 0.353. The second kappa shape index (κ2) is 3.44. The van der Waals surface area contributed by atoms with E-state index in [-0.39, 0.29) is 11.5 Å². The van der Waals surface area contributed by atoms with Gasteiger partial charge in [0.05, 0.1) is 5.60 Å². The summed E-state index contributed by atoms with van der Waals surface area (Å²) in [6.07, 6.45) is 0. The maximum atomic E-state index is 11.3. The molecule has 3 heteroatoms. The molecule has 1 N–H and O–H groups in total. The monoisotopic (exact) mass is 173 g/mol. The highest BCUT2D eigenvalue weighted by Crippen LogP contribution is 2.13. The van der Waals surface area contributed by atoms with Crippen LogP contribution in [0.4, 0.5) is 0 Å². The van der Waals surface area contributed by atoms with Crippen LogP contribution in [-0.2, 0) is 9.63 Å². The van der Waals surface area contributed by atoms with E-state index in [2.05, 4.69) is 5.48 Å². The quantitative estimate of drug-likeness (QED) is 0.615. The Morgan fingerprint density at radius 2 is 1.50 bits per heavy atom. The van der Waals surface area contributed by atoms with E-state index in [1.807, 2.05) is 41.5 Å². The fraction of sp³-hybridized carbons (Fsp3) is 0.889. The first-order valence-corrected chi connectivity index (χ1v) is 4.11. The number of nitrogens with one attached hydrogen (secondary N) is 1. The minimum absolute atomic E-state index is 0.0996. The maximum absolute atomic E-state index is 11.3. The van der Waals surface area contributed by atoms with Gasteiger partial charge in [0.15, 0.2) is 0 Å². The summed E-state index contributed by atoms with van der Waals surface area (Å²) in [5, 5.41) is 0. The molecule has 0 aliphatic heterocycles. The van der Waals surface area contributed by atoms with Gasteiger partial charge in [-0.1, -0.05) is 20.8 Å². The number of hydrogen-bond donors (Lipinski definition) is 1. The van der Waals surface area contributed by atoms with Crippen LogP contribution in [0.5, 0.6) is 0 Å². The summed E-state index contributed by atoms with van der Waals surface area (Å²) in [7, 11) is 0. The molecule has 0 rings (SSSR count). The Hall–Kier alpha value is -0.570. The van der Waals surface area contributed by atoms with Gasteiger partial charge in [-0.25, -0.2) is 5.48 Å². The fourth-order valence-electron chi connectivity index (χ4n) is 0.353. The lowest BCUT2D eigenvalue weighted by Crippen LogP contribution is -2.39. The zero-order valence-corrected chi connectivity index (χ0v) is 8.82. The lowest BCUT2D eigenvalue weighted by Gasteiger charge is -2.23. The Bertz CT molecular complexity index is 162. The van der Waals surface area contributed by atoms with Gasteiger partial charge < -0.3 is 0 Å². The molecular weight excluding hydrogens is 154 g/mol. The Morgan fingerprint density at radius 3 is 1.75 bits per heavy atom. The molecular formula is C9H19NO2. The van der Waals surface area contributed by atoms with Gasteiger partial charge >= 0.3 is 0 Å². The minimum Gasteiger partial charge on any atom is -0.272 e. The highest BCUT2D eigenvalue weighted by molar-refractivity contribution is 5.80. The molecule has 72 valence electrons. The molecule has 0 bridgehead atoms. The number of hydroxylamine groups is 1. The van der Waals surface area contributed by atoms with Gasteiger partial charge in [-0.05, 0) is 20.8 Å². The number of carbonyl (C=O) groups is 1. The van der Waals surface area contributed by atoms with Crippen LogP contribution in [0.1, 0.15) is 41.5 Å². The van der Waals surface area contributed by atoms with Crippen LogP contribution in [0.3, 0.4) is 0 Å². The summed E-state index contributed by atoms with van der Waals surface area (Å²) >= 11 is 0. The van der Waals surface area contributed by atoms with Crippen molar-refractivity contribution in [1.82, 2.24) is 5.48 Å². The summed E-state index contributed by atoms with van der Waals surface area (Å²) in [4.78, 5) is 16.4. The molecule has 3 nitrogen and oxygen atoms in total. The second-order valence-corrected chi connectivity index (χ2v) is 4.90. The highest BCUT2D eigenvalue weighted by atomic mass is 16.7. The zero-order chi connectivity index (χ0) is 9.99. The van der Waals surface area contributed by atoms with Gasteiger partial charge in [0.1, 0.15) is 0 Å². The molecule has 0 radical (unpaired) electrons. The van der Waals surface area contributed by atoms with E-state index in [1.165, 1.54) is 0 Å². The minimum atomic E-state index is -0.398. The van der Waals surface area contributed by atoms with Crippen LogP contribution in [0.15, 0.2) is 0 Å². The van der Waals surface area contributed by atoms with Gasteiger partial charge in [0, 0.05) is 5.41 Å². The summed E-state index contributed by atoms with van der Waals surface area (Å²) in [6, 6.07) is 0. The molecule has 0 spiro atoms. The topological polar surface area (TPSA) is 38.3 Å². The summed E-state index contributed by atoms with van der Waals surface area (Å²) in [6.45, 7) is 11.2. The van der Waals surface area contributed by atoms with Crippen molar-refractivity contribution in [2.24, 2.45) is 5.41 Å². The number of carbonyl (C=O) groups excluding carboxylic acids is 1. The standard InChI is InChI=1S/C9H19NO2/c1-8(2,3)7(11)10-12-9(4,5)6/h1-6H3,(H,10,11). The van der Waals surface area contributed by atoms with E-state index >= 15 is 0 Å². The average molecular weight is 173 g/mol. The van der Waals surface area contributed by atoms with E-state index in [1.54, 1.807) is 0 Å². The van der Waals surface area contributed by atoms with Crippen molar-refractivity contribution in [3.8, 4) is 0 Å². The zero-order valence-electron chi connectivity index (χ0n) is 8.82. The van der Waals surface area contributed by atoms with Crippen molar-refractivity contribution in [3.05, 3.63) is 0 Å². The summed E-state index contributed by atoms with van der Waals surface area (Å²) in [5.74, 6) is -0.0996. The van der Waals surface area contributed by atoms with E-state index in [4.69, 9.17) is 4.84 Å². The average Bonchev–Trinajstić information content (AvgIpc) is 1.78. The normalized spacial score (nSPS) is 12.8. The van der Waals surface area contributed by atoms with Crippen LogP contribution in [0.25, 0.3) is 0 Å². The lowest BCUT2D eigenvalue weighted by molar-refractivity contribution is -0.153. The SMILES string of the molecule is CC(C)(C)ONC(=O)C(C)(C)C. The molecule has 0 fully saturated rings. The summed E-state index contributed by atoms with van der Waals surface area (Å²) < 4.78 is 0. The van der Waals surface area contributed by atoms with Crippen molar-refractivity contribution in [3.63, 3.8) is 0 Å². The first-order chi connectivity index (χ1) is 5.13. The van der Waals surface area contributed by atoms with E-state index in [0.29, 0.717) is 0 Å². The molecule has 0 atom stereocenters. The van der Waals surface area contributed by atoms with Gasteiger partial charge in [-0.2, -0.15) is 0 Å². The number of amides is 1. The lowest BCUT2D eigenvalue weighted by atomic mass is 9.96. The molecule has 0 aromatic carbocycles. The van der Waals surface area contributed by atoms with Crippen LogP contribution in [0, 0.1) is 5.41 Å². The molecule has 0 unspecified atom stereocenters. The molecule has 0 heterocycles. The first-order valence-electron chi connectivity index (χ1n) is 4.11. The molecule has 12 heavy (non-hydrogen) atoms. The van der Waals surface area contributed by atoms with Crippen molar-refractivity contribution in [2.45, 2.75) is 47.1 Å². The van der Waals surface area contributed by atoms with E-state index < -0.39 is 5.41 Å². The van der Waals surface area contributed by atoms with Crippen molar-refractivity contribution < 1.29 is 9.63 Å². The maximum Gasteiger partial charge on any atom is 0.248 e. The molecule has 0 aromatic heterocycles. The third kappa shape index (κ3) is 5.13. The van der Waals surface area contributed by atoms with Crippen LogP contribution in [-0.4, -0.2) is 11.5 Å². The Morgan fingerprint density at radius 1 is 1.08 bits per heavy atom. The Balaban J connectivity index is 3.90.